The lowest BCUT2D eigenvalue weighted by Crippen LogP contribution is -2.38. The lowest BCUT2D eigenvalue weighted by molar-refractivity contribution is -0.135. The second-order valence-electron chi connectivity index (χ2n) is 4.37. The predicted molar refractivity (Wildman–Crippen MR) is 77.3 cm³/mol. The van der Waals surface area contributed by atoms with Crippen LogP contribution in [-0.4, -0.2) is 43.5 Å². The van der Waals surface area contributed by atoms with Crippen molar-refractivity contribution in [2.75, 3.05) is 32.5 Å². The van der Waals surface area contributed by atoms with Gasteiger partial charge in [0.1, 0.15) is 5.75 Å². The van der Waals surface area contributed by atoms with Crippen LogP contribution in [0.4, 0.5) is 5.69 Å². The highest BCUT2D eigenvalue weighted by molar-refractivity contribution is 5.84. The number of likely N-dealkylation sites (N-methyl/N-ethyl adjacent to an activating group) is 2. The van der Waals surface area contributed by atoms with Crippen LogP contribution in [0.5, 0.6) is 5.75 Å². The Labute approximate surface area is 118 Å². The number of anilines is 1. The van der Waals surface area contributed by atoms with Crippen molar-refractivity contribution in [1.29, 1.82) is 0 Å². The van der Waals surface area contributed by atoms with Crippen LogP contribution < -0.4 is 15.8 Å². The first-order valence-corrected chi connectivity index (χ1v) is 6.52. The lowest BCUT2D eigenvalue weighted by atomic mass is 10.3. The fourth-order valence-electron chi connectivity index (χ4n) is 1.57. The number of hydrogen-bond donors (Lipinski definition) is 2. The minimum absolute atomic E-state index is 0.0640. The number of rotatable bonds is 7. The molecule has 0 aliphatic heterocycles. The molecule has 0 fully saturated rings. The smallest absolute Gasteiger partial charge is 0.239 e. The van der Waals surface area contributed by atoms with E-state index >= 15 is 0 Å². The van der Waals surface area contributed by atoms with E-state index in [1.165, 1.54) is 4.90 Å². The summed E-state index contributed by atoms with van der Waals surface area (Å²) in [6, 6.07) is 6.97. The Morgan fingerprint density at radius 1 is 1.30 bits per heavy atom. The summed E-state index contributed by atoms with van der Waals surface area (Å²) in [6.07, 6.45) is 0.223. The maximum Gasteiger partial charge on any atom is 0.239 e. The molecule has 0 aliphatic carbocycles. The van der Waals surface area contributed by atoms with Gasteiger partial charge in [-0.05, 0) is 31.2 Å². The molecule has 1 aromatic rings. The van der Waals surface area contributed by atoms with Gasteiger partial charge >= 0.3 is 0 Å². The molecular formula is C14H21N3O3. The SMILES string of the molecule is CCNC(=O)CN(C)C(=O)CCOc1ccc(N)cc1. The Kier molecular flexibility index (Phi) is 6.36. The van der Waals surface area contributed by atoms with Crippen molar-refractivity contribution in [1.82, 2.24) is 10.2 Å². The van der Waals surface area contributed by atoms with Gasteiger partial charge in [0.25, 0.3) is 0 Å². The lowest BCUT2D eigenvalue weighted by Gasteiger charge is -2.16. The maximum atomic E-state index is 11.8. The summed E-state index contributed by atoms with van der Waals surface area (Å²) in [4.78, 5) is 24.5. The number of benzene rings is 1. The number of hydrogen-bond acceptors (Lipinski definition) is 4. The summed E-state index contributed by atoms with van der Waals surface area (Å²) >= 11 is 0. The Balaban J connectivity index is 2.28. The molecule has 0 saturated heterocycles. The van der Waals surface area contributed by atoms with Gasteiger partial charge in [0.15, 0.2) is 0 Å². The predicted octanol–water partition coefficient (Wildman–Crippen LogP) is 0.632. The van der Waals surface area contributed by atoms with Gasteiger partial charge in [-0.15, -0.1) is 0 Å². The van der Waals surface area contributed by atoms with Crippen LogP contribution in [0.3, 0.4) is 0 Å². The molecule has 0 saturated carbocycles. The number of carbonyl (C=O) groups excluding carboxylic acids is 2. The van der Waals surface area contributed by atoms with Gasteiger partial charge in [0.2, 0.25) is 11.8 Å². The van der Waals surface area contributed by atoms with Crippen molar-refractivity contribution < 1.29 is 14.3 Å². The van der Waals surface area contributed by atoms with Gasteiger partial charge in [-0.2, -0.15) is 0 Å². The van der Waals surface area contributed by atoms with Crippen LogP contribution in [0.15, 0.2) is 24.3 Å². The first kappa shape index (κ1) is 15.8. The molecule has 1 rings (SSSR count). The van der Waals surface area contributed by atoms with Crippen LogP contribution in [0.25, 0.3) is 0 Å². The molecule has 0 heterocycles. The normalized spacial score (nSPS) is 9.90. The van der Waals surface area contributed by atoms with E-state index < -0.39 is 0 Å². The van der Waals surface area contributed by atoms with Gasteiger partial charge in [0, 0.05) is 19.3 Å². The van der Waals surface area contributed by atoms with Crippen LogP contribution in [0.1, 0.15) is 13.3 Å². The molecule has 6 heteroatoms. The van der Waals surface area contributed by atoms with E-state index in [-0.39, 0.29) is 31.4 Å². The quantitative estimate of drug-likeness (QED) is 0.717. The number of amides is 2. The van der Waals surface area contributed by atoms with E-state index in [4.69, 9.17) is 10.5 Å². The first-order chi connectivity index (χ1) is 9.52. The zero-order valence-corrected chi connectivity index (χ0v) is 11.9. The standard InChI is InChI=1S/C14H21N3O3/c1-3-16-13(18)10-17(2)14(19)8-9-20-12-6-4-11(15)5-7-12/h4-7H,3,8-10,15H2,1-2H3,(H,16,18). The summed E-state index contributed by atoms with van der Waals surface area (Å²) in [5.74, 6) is 0.368. The summed E-state index contributed by atoms with van der Waals surface area (Å²) < 4.78 is 5.43. The monoisotopic (exact) mass is 279 g/mol. The van der Waals surface area contributed by atoms with Crippen molar-refractivity contribution in [2.45, 2.75) is 13.3 Å². The van der Waals surface area contributed by atoms with E-state index in [9.17, 15) is 9.59 Å². The molecule has 0 aliphatic rings. The summed E-state index contributed by atoms with van der Waals surface area (Å²) in [7, 11) is 1.60. The number of nitrogens with zero attached hydrogens (tertiary/aromatic N) is 1. The molecule has 6 nitrogen and oxygen atoms in total. The van der Waals surface area contributed by atoms with E-state index in [0.29, 0.717) is 18.0 Å². The Morgan fingerprint density at radius 2 is 1.95 bits per heavy atom. The van der Waals surface area contributed by atoms with Crippen molar-refractivity contribution in [3.63, 3.8) is 0 Å². The third-order valence-electron chi connectivity index (χ3n) is 2.65. The minimum Gasteiger partial charge on any atom is -0.493 e. The molecule has 0 bridgehead atoms. The average Bonchev–Trinajstić information content (AvgIpc) is 2.41. The highest BCUT2D eigenvalue weighted by Gasteiger charge is 2.12. The van der Waals surface area contributed by atoms with Crippen molar-refractivity contribution >= 4 is 17.5 Å². The zero-order valence-electron chi connectivity index (χ0n) is 11.9. The van der Waals surface area contributed by atoms with Crippen molar-refractivity contribution in [3.8, 4) is 5.75 Å². The second kappa shape index (κ2) is 8.04. The molecule has 2 amide bonds. The zero-order chi connectivity index (χ0) is 15.0. The van der Waals surface area contributed by atoms with E-state index in [0.717, 1.165) is 0 Å². The fourth-order valence-corrected chi connectivity index (χ4v) is 1.57. The maximum absolute atomic E-state index is 11.8. The molecule has 0 spiro atoms. The molecular weight excluding hydrogens is 258 g/mol. The van der Waals surface area contributed by atoms with E-state index in [1.807, 2.05) is 6.92 Å². The summed E-state index contributed by atoms with van der Waals surface area (Å²) in [5.41, 5.74) is 6.22. The Hall–Kier alpha value is -2.24. The third-order valence-corrected chi connectivity index (χ3v) is 2.65. The molecule has 0 radical (unpaired) electrons. The number of nitrogens with one attached hydrogen (secondary N) is 1. The number of ether oxygens (including phenoxy) is 1. The number of nitrogens with two attached hydrogens (primary N) is 1. The van der Waals surface area contributed by atoms with Gasteiger partial charge in [0.05, 0.1) is 19.6 Å². The molecule has 0 unspecified atom stereocenters. The van der Waals surface area contributed by atoms with Crippen LogP contribution in [0, 0.1) is 0 Å². The van der Waals surface area contributed by atoms with Gasteiger partial charge < -0.3 is 20.7 Å². The molecule has 110 valence electrons. The van der Waals surface area contributed by atoms with Crippen LogP contribution in [0.2, 0.25) is 0 Å². The second-order valence-corrected chi connectivity index (χ2v) is 4.37. The Morgan fingerprint density at radius 3 is 2.55 bits per heavy atom. The van der Waals surface area contributed by atoms with Crippen molar-refractivity contribution in [3.05, 3.63) is 24.3 Å². The van der Waals surface area contributed by atoms with E-state index in [1.54, 1.807) is 31.3 Å². The highest BCUT2D eigenvalue weighted by Crippen LogP contribution is 2.13. The van der Waals surface area contributed by atoms with Crippen LogP contribution in [-0.2, 0) is 9.59 Å². The largest absolute Gasteiger partial charge is 0.493 e. The average molecular weight is 279 g/mol. The third kappa shape index (κ3) is 5.60. The van der Waals surface area contributed by atoms with Crippen LogP contribution >= 0.6 is 0 Å². The molecule has 20 heavy (non-hydrogen) atoms. The topological polar surface area (TPSA) is 84.7 Å². The van der Waals surface area contributed by atoms with Gasteiger partial charge in [-0.1, -0.05) is 0 Å². The summed E-state index contributed by atoms with van der Waals surface area (Å²) in [5, 5.41) is 2.64. The molecule has 0 atom stereocenters. The number of nitrogen functional groups attached to an aromatic ring is 1. The molecule has 0 aromatic heterocycles. The minimum atomic E-state index is -0.164. The Bertz CT molecular complexity index is 445. The fraction of sp³-hybridized carbons (Fsp3) is 0.429. The van der Waals surface area contributed by atoms with Crippen molar-refractivity contribution in [2.24, 2.45) is 0 Å². The number of carbonyl (C=O) groups is 2. The highest BCUT2D eigenvalue weighted by atomic mass is 16.5. The molecule has 1 aromatic carbocycles. The summed E-state index contributed by atoms with van der Waals surface area (Å²) in [6.45, 7) is 2.72. The van der Waals surface area contributed by atoms with Gasteiger partial charge in [-0.25, -0.2) is 0 Å². The molecule has 3 N–H and O–H groups in total. The first-order valence-electron chi connectivity index (χ1n) is 6.52. The van der Waals surface area contributed by atoms with Gasteiger partial charge in [-0.3, -0.25) is 9.59 Å². The van der Waals surface area contributed by atoms with E-state index in [2.05, 4.69) is 5.32 Å².